The van der Waals surface area contributed by atoms with Crippen LogP contribution < -0.4 is 5.32 Å². The fraction of sp³-hybridized carbons (Fsp3) is 0.214. The zero-order valence-corrected chi connectivity index (χ0v) is 13.1. The molecule has 1 aromatic heterocycles. The number of esters is 1. The van der Waals surface area contributed by atoms with Gasteiger partial charge in [0.2, 0.25) is 0 Å². The summed E-state index contributed by atoms with van der Waals surface area (Å²) in [5.41, 5.74) is 0.420. The van der Waals surface area contributed by atoms with Crippen molar-refractivity contribution >= 4 is 35.0 Å². The molecule has 0 spiro atoms. The van der Waals surface area contributed by atoms with Gasteiger partial charge in [-0.1, -0.05) is 23.2 Å². The predicted octanol–water partition coefficient (Wildman–Crippen LogP) is 3.56. The lowest BCUT2D eigenvalue weighted by atomic mass is 10.2. The van der Waals surface area contributed by atoms with Gasteiger partial charge in [0.05, 0.1) is 11.6 Å². The summed E-state index contributed by atoms with van der Waals surface area (Å²) in [6, 6.07) is 5.65. The first-order valence-electron chi connectivity index (χ1n) is 6.39. The van der Waals surface area contributed by atoms with Crippen LogP contribution in [0.1, 0.15) is 6.92 Å². The van der Waals surface area contributed by atoms with Crippen molar-refractivity contribution in [2.75, 3.05) is 18.5 Å². The third-order valence-corrected chi connectivity index (χ3v) is 3.09. The number of carbonyl (C=O) groups excluding carboxylic acids is 1. The fourth-order valence-corrected chi connectivity index (χ4v) is 1.95. The third kappa shape index (κ3) is 4.29. The van der Waals surface area contributed by atoms with Gasteiger partial charge in [-0.25, -0.2) is 14.4 Å². The highest BCUT2D eigenvalue weighted by atomic mass is 35.5. The Morgan fingerprint density at radius 1 is 1.32 bits per heavy atom. The number of rotatable bonds is 5. The normalized spacial score (nSPS) is 10.4. The highest BCUT2D eigenvalue weighted by Crippen LogP contribution is 2.24. The van der Waals surface area contributed by atoms with Gasteiger partial charge in [-0.2, -0.15) is 0 Å². The van der Waals surface area contributed by atoms with Crippen LogP contribution in [0, 0.1) is 5.82 Å². The molecule has 0 atom stereocenters. The largest absolute Gasteiger partial charge is 0.465 e. The average molecular weight is 344 g/mol. The van der Waals surface area contributed by atoms with Gasteiger partial charge in [0.25, 0.3) is 0 Å². The monoisotopic (exact) mass is 343 g/mol. The van der Waals surface area contributed by atoms with E-state index >= 15 is 0 Å². The van der Waals surface area contributed by atoms with E-state index in [1.807, 2.05) is 0 Å². The predicted molar refractivity (Wildman–Crippen MR) is 82.6 cm³/mol. The Kier molecular flexibility index (Phi) is 5.51. The standard InChI is InChI=1S/C14H12Cl2FN3O2/c1-2-22-13(21)7-18-12-6-11(16)19-14(20-12)8-3-4-9(15)10(17)5-8/h3-6H,2,7H2,1H3,(H,18,19,20). The van der Waals surface area contributed by atoms with Gasteiger partial charge in [0.1, 0.15) is 23.3 Å². The van der Waals surface area contributed by atoms with Crippen molar-refractivity contribution in [3.63, 3.8) is 0 Å². The maximum absolute atomic E-state index is 13.5. The van der Waals surface area contributed by atoms with Gasteiger partial charge in [0, 0.05) is 11.6 Å². The molecule has 0 aliphatic carbocycles. The van der Waals surface area contributed by atoms with E-state index in [4.69, 9.17) is 27.9 Å². The van der Waals surface area contributed by atoms with Crippen molar-refractivity contribution in [3.05, 3.63) is 40.3 Å². The zero-order chi connectivity index (χ0) is 16.1. The minimum atomic E-state index is -0.580. The third-order valence-electron chi connectivity index (χ3n) is 2.59. The van der Waals surface area contributed by atoms with Crippen molar-refractivity contribution in [3.8, 4) is 11.4 Å². The zero-order valence-electron chi connectivity index (χ0n) is 11.6. The number of hydrogen-bond donors (Lipinski definition) is 1. The first kappa shape index (κ1) is 16.5. The van der Waals surface area contributed by atoms with Crippen LogP contribution in [0.3, 0.4) is 0 Å². The second-order valence-corrected chi connectivity index (χ2v) is 4.98. The highest BCUT2D eigenvalue weighted by Gasteiger charge is 2.10. The molecule has 8 heteroatoms. The summed E-state index contributed by atoms with van der Waals surface area (Å²) < 4.78 is 18.3. The maximum atomic E-state index is 13.5. The molecule has 1 aromatic carbocycles. The van der Waals surface area contributed by atoms with Crippen molar-refractivity contribution < 1.29 is 13.9 Å². The van der Waals surface area contributed by atoms with Crippen LogP contribution in [0.4, 0.5) is 10.2 Å². The van der Waals surface area contributed by atoms with E-state index in [0.29, 0.717) is 18.0 Å². The van der Waals surface area contributed by atoms with E-state index in [9.17, 15) is 9.18 Å². The number of ether oxygens (including phenoxy) is 1. The average Bonchev–Trinajstić information content (AvgIpc) is 2.48. The summed E-state index contributed by atoms with van der Waals surface area (Å²) in [4.78, 5) is 19.5. The van der Waals surface area contributed by atoms with Crippen LogP contribution in [-0.4, -0.2) is 29.1 Å². The van der Waals surface area contributed by atoms with E-state index < -0.39 is 11.8 Å². The maximum Gasteiger partial charge on any atom is 0.325 e. The van der Waals surface area contributed by atoms with E-state index in [2.05, 4.69) is 15.3 Å². The van der Waals surface area contributed by atoms with Crippen LogP contribution in [0.5, 0.6) is 0 Å². The molecule has 1 N–H and O–H groups in total. The summed E-state index contributed by atoms with van der Waals surface area (Å²) in [5.74, 6) is -0.451. The van der Waals surface area contributed by atoms with Gasteiger partial charge in [-0.15, -0.1) is 0 Å². The van der Waals surface area contributed by atoms with Crippen molar-refractivity contribution in [2.24, 2.45) is 0 Å². The molecule has 0 radical (unpaired) electrons. The number of aromatic nitrogens is 2. The SMILES string of the molecule is CCOC(=O)CNc1cc(Cl)nc(-c2ccc(Cl)c(F)c2)n1. The molecule has 0 saturated heterocycles. The lowest BCUT2D eigenvalue weighted by molar-refractivity contribution is -0.140. The molecular weight excluding hydrogens is 332 g/mol. The topological polar surface area (TPSA) is 64.1 Å². The van der Waals surface area contributed by atoms with Gasteiger partial charge < -0.3 is 10.1 Å². The van der Waals surface area contributed by atoms with Gasteiger partial charge in [-0.05, 0) is 25.1 Å². The van der Waals surface area contributed by atoms with Crippen LogP contribution in [0.25, 0.3) is 11.4 Å². The molecule has 1 heterocycles. The molecule has 0 unspecified atom stereocenters. The number of nitrogens with one attached hydrogen (secondary N) is 1. The Hall–Kier alpha value is -1.92. The van der Waals surface area contributed by atoms with Crippen LogP contribution >= 0.6 is 23.2 Å². The Labute approximate surface area is 136 Å². The van der Waals surface area contributed by atoms with E-state index in [0.717, 1.165) is 0 Å². The molecule has 22 heavy (non-hydrogen) atoms. The molecular formula is C14H12Cl2FN3O2. The molecule has 116 valence electrons. The molecule has 0 aliphatic rings. The Morgan fingerprint density at radius 3 is 2.77 bits per heavy atom. The molecule has 0 aliphatic heterocycles. The van der Waals surface area contributed by atoms with Crippen molar-refractivity contribution in [1.82, 2.24) is 9.97 Å². The number of hydrogen-bond acceptors (Lipinski definition) is 5. The quantitative estimate of drug-likeness (QED) is 0.664. The number of nitrogens with zero attached hydrogens (tertiary/aromatic N) is 2. The molecule has 0 bridgehead atoms. The minimum Gasteiger partial charge on any atom is -0.465 e. The Bertz CT molecular complexity index is 698. The molecule has 2 rings (SSSR count). The molecule has 2 aromatic rings. The lowest BCUT2D eigenvalue weighted by Gasteiger charge is -2.08. The van der Waals surface area contributed by atoms with Crippen molar-refractivity contribution in [1.29, 1.82) is 0 Å². The fourth-order valence-electron chi connectivity index (χ4n) is 1.65. The number of benzene rings is 1. The molecule has 0 fully saturated rings. The summed E-state index contributed by atoms with van der Waals surface area (Å²) in [6.07, 6.45) is 0. The molecule has 0 amide bonds. The first-order valence-corrected chi connectivity index (χ1v) is 7.14. The first-order chi connectivity index (χ1) is 10.5. The van der Waals surface area contributed by atoms with Crippen LogP contribution in [-0.2, 0) is 9.53 Å². The van der Waals surface area contributed by atoms with Gasteiger partial charge in [-0.3, -0.25) is 4.79 Å². The van der Waals surface area contributed by atoms with Gasteiger partial charge in [0.15, 0.2) is 5.82 Å². The lowest BCUT2D eigenvalue weighted by Crippen LogP contribution is -2.17. The highest BCUT2D eigenvalue weighted by molar-refractivity contribution is 6.30. The van der Waals surface area contributed by atoms with Crippen LogP contribution in [0.2, 0.25) is 10.2 Å². The minimum absolute atomic E-state index is 0.00596. The summed E-state index contributed by atoms with van der Waals surface area (Å²) in [6.45, 7) is 1.95. The smallest absolute Gasteiger partial charge is 0.325 e. The number of carbonyl (C=O) groups is 1. The number of halogens is 3. The molecule has 0 saturated carbocycles. The second-order valence-electron chi connectivity index (χ2n) is 4.19. The van der Waals surface area contributed by atoms with E-state index in [1.54, 1.807) is 13.0 Å². The Balaban J connectivity index is 2.22. The van der Waals surface area contributed by atoms with Gasteiger partial charge >= 0.3 is 5.97 Å². The number of anilines is 1. The van der Waals surface area contributed by atoms with E-state index in [-0.39, 0.29) is 22.5 Å². The second kappa shape index (κ2) is 7.38. The van der Waals surface area contributed by atoms with Crippen LogP contribution in [0.15, 0.2) is 24.3 Å². The van der Waals surface area contributed by atoms with Crippen molar-refractivity contribution in [2.45, 2.75) is 6.92 Å². The summed E-state index contributed by atoms with van der Waals surface area (Å²) in [7, 11) is 0. The summed E-state index contributed by atoms with van der Waals surface area (Å²) in [5, 5.41) is 2.94. The summed E-state index contributed by atoms with van der Waals surface area (Å²) >= 11 is 11.6. The van der Waals surface area contributed by atoms with E-state index in [1.165, 1.54) is 18.2 Å². The molecule has 5 nitrogen and oxygen atoms in total. The Morgan fingerprint density at radius 2 is 2.09 bits per heavy atom.